The summed E-state index contributed by atoms with van der Waals surface area (Å²) in [7, 11) is 1.50. The van der Waals surface area contributed by atoms with Crippen molar-refractivity contribution in [3.05, 3.63) is 60.4 Å². The number of fused-ring (bicyclic) bond motifs is 3. The average Bonchev–Trinajstić information content (AvgIpc) is 3.43. The number of ether oxygens (including phenoxy) is 1. The maximum absolute atomic E-state index is 12.7. The molecule has 5 rings (SSSR count). The normalized spacial score (nSPS) is 11.2. The first-order chi connectivity index (χ1) is 13.8. The number of carbonyl (C=O) groups is 1. The fraction of sp³-hybridized carbons (Fsp3) is 0.0526. The summed E-state index contributed by atoms with van der Waals surface area (Å²) in [4.78, 5) is 12.7. The minimum Gasteiger partial charge on any atom is -0.491 e. The number of nitrogens with zero attached hydrogens (tertiary/aromatic N) is 4. The van der Waals surface area contributed by atoms with Crippen LogP contribution in [0, 0.1) is 0 Å². The first kappa shape index (κ1) is 16.1. The number of tetrazole rings is 1. The molecule has 3 heterocycles. The topological polar surface area (TPSA) is 111 Å². The van der Waals surface area contributed by atoms with Crippen molar-refractivity contribution < 1.29 is 13.9 Å². The van der Waals surface area contributed by atoms with Gasteiger partial charge in [0.1, 0.15) is 5.52 Å². The number of hydrogen-bond donors (Lipinski definition) is 2. The third-order valence-corrected chi connectivity index (χ3v) is 4.45. The Morgan fingerprint density at radius 1 is 1.14 bits per heavy atom. The van der Waals surface area contributed by atoms with E-state index in [1.807, 2.05) is 59.2 Å². The van der Waals surface area contributed by atoms with E-state index in [0.717, 1.165) is 16.6 Å². The van der Waals surface area contributed by atoms with E-state index in [4.69, 9.17) is 9.15 Å². The van der Waals surface area contributed by atoms with Crippen LogP contribution in [-0.4, -0.2) is 38.2 Å². The molecule has 0 radical (unpaired) electrons. The van der Waals surface area contributed by atoms with Gasteiger partial charge in [-0.3, -0.25) is 10.1 Å². The smallest absolute Gasteiger partial charge is 0.297 e. The second-order valence-electron chi connectivity index (χ2n) is 6.02. The lowest BCUT2D eigenvalue weighted by Gasteiger charge is -2.08. The van der Waals surface area contributed by atoms with Crippen LogP contribution in [0.4, 0.5) is 5.95 Å². The summed E-state index contributed by atoms with van der Waals surface area (Å²) < 4.78 is 13.6. The van der Waals surface area contributed by atoms with E-state index < -0.39 is 5.91 Å². The zero-order valence-corrected chi connectivity index (χ0v) is 14.7. The summed E-state index contributed by atoms with van der Waals surface area (Å²) in [5, 5.41) is 16.6. The highest BCUT2D eigenvalue weighted by molar-refractivity contribution is 6.14. The molecule has 0 aliphatic rings. The Morgan fingerprint density at radius 3 is 2.68 bits per heavy atom. The third kappa shape index (κ3) is 2.33. The van der Waals surface area contributed by atoms with Crippen molar-refractivity contribution in [2.45, 2.75) is 0 Å². The molecule has 28 heavy (non-hydrogen) atoms. The number of H-pyrrole nitrogens is 1. The molecular weight excluding hydrogens is 360 g/mol. The Kier molecular flexibility index (Phi) is 3.58. The first-order valence-corrected chi connectivity index (χ1v) is 8.48. The maximum atomic E-state index is 12.7. The van der Waals surface area contributed by atoms with Crippen molar-refractivity contribution in [2.24, 2.45) is 0 Å². The number of benzene rings is 2. The summed E-state index contributed by atoms with van der Waals surface area (Å²) in [6.45, 7) is 0. The molecular formula is C19H14N6O3. The van der Waals surface area contributed by atoms with Gasteiger partial charge in [-0.25, -0.2) is 0 Å². The molecule has 1 amide bonds. The van der Waals surface area contributed by atoms with Crippen LogP contribution in [-0.2, 0) is 0 Å². The average molecular weight is 374 g/mol. The van der Waals surface area contributed by atoms with Gasteiger partial charge in [0.25, 0.3) is 11.9 Å². The molecule has 3 aromatic heterocycles. The summed E-state index contributed by atoms with van der Waals surface area (Å²) in [5.41, 5.74) is 3.12. The van der Waals surface area contributed by atoms with Crippen molar-refractivity contribution >= 4 is 33.9 Å². The van der Waals surface area contributed by atoms with E-state index in [2.05, 4.69) is 25.9 Å². The predicted octanol–water partition coefficient (Wildman–Crippen LogP) is 3.15. The summed E-state index contributed by atoms with van der Waals surface area (Å²) in [5.74, 6) is -0.120. The fourth-order valence-corrected chi connectivity index (χ4v) is 3.33. The number of para-hydroxylation sites is 2. The van der Waals surface area contributed by atoms with Crippen molar-refractivity contribution in [2.75, 3.05) is 12.4 Å². The molecule has 9 nitrogen and oxygen atoms in total. The standard InChI is InChI=1S/C19H14N6O3/c1-27-16-14-15(28-17(16)18(26)20-19-21-23-24-22-19)12-9-5-6-10-13(12)25(14)11-7-3-2-4-8-11/h2-10H,1H3,(H2,20,21,22,23,24,26). The van der Waals surface area contributed by atoms with Gasteiger partial charge in [-0.1, -0.05) is 35.4 Å². The molecule has 138 valence electrons. The quantitative estimate of drug-likeness (QED) is 0.500. The van der Waals surface area contributed by atoms with E-state index in [1.165, 1.54) is 7.11 Å². The Labute approximate surface area is 157 Å². The first-order valence-electron chi connectivity index (χ1n) is 8.48. The van der Waals surface area contributed by atoms with Crippen LogP contribution < -0.4 is 10.1 Å². The molecule has 0 saturated heterocycles. The van der Waals surface area contributed by atoms with Crippen LogP contribution in [0.2, 0.25) is 0 Å². The Morgan fingerprint density at radius 2 is 1.93 bits per heavy atom. The molecule has 0 atom stereocenters. The predicted molar refractivity (Wildman–Crippen MR) is 102 cm³/mol. The number of furan rings is 1. The molecule has 0 saturated carbocycles. The molecule has 5 aromatic rings. The van der Waals surface area contributed by atoms with Gasteiger partial charge in [0, 0.05) is 11.1 Å². The second kappa shape index (κ2) is 6.23. The number of aromatic nitrogens is 5. The van der Waals surface area contributed by atoms with Crippen molar-refractivity contribution in [1.82, 2.24) is 25.2 Å². The molecule has 0 aliphatic carbocycles. The van der Waals surface area contributed by atoms with Gasteiger partial charge in [0.15, 0.2) is 11.3 Å². The summed E-state index contributed by atoms with van der Waals surface area (Å²) in [6.07, 6.45) is 0. The summed E-state index contributed by atoms with van der Waals surface area (Å²) >= 11 is 0. The van der Waals surface area contributed by atoms with Gasteiger partial charge in [-0.15, -0.1) is 5.10 Å². The van der Waals surface area contributed by atoms with Crippen molar-refractivity contribution in [1.29, 1.82) is 0 Å². The van der Waals surface area contributed by atoms with Gasteiger partial charge >= 0.3 is 0 Å². The van der Waals surface area contributed by atoms with Crippen LogP contribution in [0.25, 0.3) is 27.7 Å². The largest absolute Gasteiger partial charge is 0.491 e. The van der Waals surface area contributed by atoms with Crippen LogP contribution in [0.1, 0.15) is 10.6 Å². The van der Waals surface area contributed by atoms with Gasteiger partial charge in [-0.05, 0) is 29.5 Å². The molecule has 0 spiro atoms. The van der Waals surface area contributed by atoms with Crippen molar-refractivity contribution in [3.63, 3.8) is 0 Å². The Bertz CT molecular complexity index is 1290. The minimum absolute atomic E-state index is 0.0349. The van der Waals surface area contributed by atoms with E-state index in [1.54, 1.807) is 0 Å². The number of anilines is 1. The van der Waals surface area contributed by atoms with Gasteiger partial charge in [-0.2, -0.15) is 5.21 Å². The lowest BCUT2D eigenvalue weighted by atomic mass is 10.2. The van der Waals surface area contributed by atoms with E-state index in [9.17, 15) is 4.79 Å². The Hall–Kier alpha value is -4.14. The lowest BCUT2D eigenvalue weighted by molar-refractivity contribution is 0.0994. The number of nitrogens with one attached hydrogen (secondary N) is 2. The van der Waals surface area contributed by atoms with Crippen LogP contribution >= 0.6 is 0 Å². The highest BCUT2D eigenvalue weighted by atomic mass is 16.5. The number of rotatable bonds is 4. The molecule has 0 aliphatic heterocycles. The molecule has 0 bridgehead atoms. The van der Waals surface area contributed by atoms with Crippen molar-refractivity contribution in [3.8, 4) is 11.4 Å². The monoisotopic (exact) mass is 374 g/mol. The number of aromatic amines is 1. The highest BCUT2D eigenvalue weighted by Crippen LogP contribution is 2.41. The Balaban J connectivity index is 1.78. The van der Waals surface area contributed by atoms with E-state index in [-0.39, 0.29) is 11.7 Å². The van der Waals surface area contributed by atoms with Gasteiger partial charge < -0.3 is 13.7 Å². The maximum Gasteiger partial charge on any atom is 0.297 e. The lowest BCUT2D eigenvalue weighted by Crippen LogP contribution is -2.13. The number of carbonyl (C=O) groups excluding carboxylic acids is 1. The molecule has 0 fully saturated rings. The second-order valence-corrected chi connectivity index (χ2v) is 6.02. The SMILES string of the molecule is COc1c(C(=O)Nc2nn[nH]n2)oc2c3ccccc3n(-c3ccccc3)c12. The third-order valence-electron chi connectivity index (χ3n) is 4.45. The molecule has 9 heteroatoms. The fourth-order valence-electron chi connectivity index (χ4n) is 3.33. The van der Waals surface area contributed by atoms with Crippen LogP contribution in [0.3, 0.4) is 0 Å². The minimum atomic E-state index is -0.529. The van der Waals surface area contributed by atoms with Gasteiger partial charge in [0.2, 0.25) is 5.76 Å². The number of hydrogen-bond acceptors (Lipinski definition) is 6. The zero-order chi connectivity index (χ0) is 19.1. The number of amides is 1. The number of methoxy groups -OCH3 is 1. The highest BCUT2D eigenvalue weighted by Gasteiger charge is 2.28. The molecule has 2 N–H and O–H groups in total. The van der Waals surface area contributed by atoms with Gasteiger partial charge in [0.05, 0.1) is 12.6 Å². The molecule has 2 aromatic carbocycles. The van der Waals surface area contributed by atoms with Crippen LogP contribution in [0.5, 0.6) is 5.75 Å². The summed E-state index contributed by atoms with van der Waals surface area (Å²) in [6, 6.07) is 17.6. The van der Waals surface area contributed by atoms with E-state index in [0.29, 0.717) is 16.8 Å². The molecule has 0 unspecified atom stereocenters. The van der Waals surface area contributed by atoms with E-state index >= 15 is 0 Å². The zero-order valence-electron chi connectivity index (χ0n) is 14.7. The van der Waals surface area contributed by atoms with Crippen LogP contribution in [0.15, 0.2) is 59.0 Å².